The van der Waals surface area contributed by atoms with Gasteiger partial charge in [0.25, 0.3) is 0 Å². The normalized spacial score (nSPS) is 15.0. The van der Waals surface area contributed by atoms with Gasteiger partial charge in [-0.25, -0.2) is 13.4 Å². The molecule has 1 aromatic heterocycles. The van der Waals surface area contributed by atoms with Crippen LogP contribution in [0.1, 0.15) is 18.7 Å². The quantitative estimate of drug-likeness (QED) is 0.604. The minimum absolute atomic E-state index is 0.143. The van der Waals surface area contributed by atoms with Crippen LogP contribution in [0.15, 0.2) is 53.4 Å². The lowest BCUT2D eigenvalue weighted by Crippen LogP contribution is -2.27. The molecular weight excluding hydrogens is 420 g/mol. The van der Waals surface area contributed by atoms with Gasteiger partial charge < -0.3 is 9.88 Å². The number of aromatic nitrogens is 2. The summed E-state index contributed by atoms with van der Waals surface area (Å²) in [5, 5.41) is 2.86. The summed E-state index contributed by atoms with van der Waals surface area (Å²) >= 11 is 1.65. The molecule has 0 spiro atoms. The lowest BCUT2D eigenvalue weighted by Gasteiger charge is -2.16. The molecule has 2 aromatic carbocycles. The first-order valence-corrected chi connectivity index (χ1v) is 12.7. The third-order valence-corrected chi connectivity index (χ3v) is 7.61. The predicted octanol–water partition coefficient (Wildman–Crippen LogP) is 3.32. The number of fused-ring (bicyclic) bond motifs is 1. The van der Waals surface area contributed by atoms with Gasteiger partial charge in [0, 0.05) is 18.8 Å². The molecule has 0 saturated carbocycles. The number of para-hydroxylation sites is 2. The lowest BCUT2D eigenvalue weighted by molar-refractivity contribution is -0.116. The minimum atomic E-state index is -3.46. The zero-order chi connectivity index (χ0) is 21.1. The molecule has 0 unspecified atom stereocenters. The number of hydrogen-bond acceptors (Lipinski definition) is 5. The first kappa shape index (κ1) is 20.9. The molecule has 1 N–H and O–H groups in total. The summed E-state index contributed by atoms with van der Waals surface area (Å²) in [6, 6.07) is 14.1. The highest BCUT2D eigenvalue weighted by Gasteiger charge is 2.27. The van der Waals surface area contributed by atoms with E-state index < -0.39 is 10.0 Å². The van der Waals surface area contributed by atoms with Crippen LogP contribution in [0, 0.1) is 0 Å². The van der Waals surface area contributed by atoms with Crippen LogP contribution in [-0.2, 0) is 27.1 Å². The van der Waals surface area contributed by atoms with Gasteiger partial charge in [-0.2, -0.15) is 16.1 Å². The molecule has 1 amide bonds. The molecule has 30 heavy (non-hydrogen) atoms. The number of thioether (sulfide) groups is 1. The molecule has 0 atom stereocenters. The number of sulfonamides is 1. The Bertz CT molecular complexity index is 1150. The van der Waals surface area contributed by atoms with Gasteiger partial charge in [0.2, 0.25) is 15.9 Å². The van der Waals surface area contributed by atoms with Gasteiger partial charge >= 0.3 is 0 Å². The number of rotatable bonds is 7. The summed E-state index contributed by atoms with van der Waals surface area (Å²) in [6.45, 7) is 1.28. The van der Waals surface area contributed by atoms with E-state index in [0.29, 0.717) is 24.5 Å². The average Bonchev–Trinajstić information content (AvgIpc) is 3.38. The summed E-state index contributed by atoms with van der Waals surface area (Å²) in [5.74, 6) is 1.38. The highest BCUT2D eigenvalue weighted by molar-refractivity contribution is 7.97. The molecular formula is C21H24N4O3S2. The standard InChI is InChI=1S/C21H24N4O3S2/c1-29-15-20-23-18-6-2-3-7-19(18)25(20)14-21(26)22-16-8-10-17(11-9-16)30(27,28)24-12-4-5-13-24/h2-3,6-11H,4-5,12-15H2,1H3,(H,22,26). The number of nitrogens with zero attached hydrogens (tertiary/aromatic N) is 3. The van der Waals surface area contributed by atoms with Crippen molar-refractivity contribution in [3.05, 3.63) is 54.4 Å². The van der Waals surface area contributed by atoms with Crippen LogP contribution in [0.4, 0.5) is 5.69 Å². The lowest BCUT2D eigenvalue weighted by atomic mass is 10.3. The second-order valence-electron chi connectivity index (χ2n) is 7.22. The first-order valence-electron chi connectivity index (χ1n) is 9.82. The van der Waals surface area contributed by atoms with Crippen molar-refractivity contribution < 1.29 is 13.2 Å². The van der Waals surface area contributed by atoms with Crippen LogP contribution < -0.4 is 5.32 Å². The van der Waals surface area contributed by atoms with Crippen molar-refractivity contribution in [2.75, 3.05) is 24.7 Å². The van der Waals surface area contributed by atoms with Crippen molar-refractivity contribution in [1.29, 1.82) is 0 Å². The van der Waals surface area contributed by atoms with Crippen molar-refractivity contribution in [2.24, 2.45) is 0 Å². The topological polar surface area (TPSA) is 84.3 Å². The Morgan fingerprint density at radius 2 is 1.80 bits per heavy atom. The number of hydrogen-bond donors (Lipinski definition) is 1. The molecule has 1 fully saturated rings. The van der Waals surface area contributed by atoms with E-state index in [4.69, 9.17) is 0 Å². The van der Waals surface area contributed by atoms with Crippen LogP contribution in [0.25, 0.3) is 11.0 Å². The van der Waals surface area contributed by atoms with Crippen LogP contribution >= 0.6 is 11.8 Å². The number of nitrogens with one attached hydrogen (secondary N) is 1. The molecule has 1 aliphatic heterocycles. The van der Waals surface area contributed by atoms with Gasteiger partial charge in [0.1, 0.15) is 12.4 Å². The Balaban J connectivity index is 1.48. The van der Waals surface area contributed by atoms with Gasteiger partial charge in [-0.3, -0.25) is 4.79 Å². The molecule has 158 valence electrons. The largest absolute Gasteiger partial charge is 0.325 e. The van der Waals surface area contributed by atoms with Gasteiger partial charge in [0.05, 0.1) is 21.7 Å². The maximum atomic E-state index is 12.7. The molecule has 0 aliphatic carbocycles. The predicted molar refractivity (Wildman–Crippen MR) is 120 cm³/mol. The molecule has 9 heteroatoms. The maximum Gasteiger partial charge on any atom is 0.244 e. The van der Waals surface area contributed by atoms with Crippen molar-refractivity contribution in [3.8, 4) is 0 Å². The zero-order valence-electron chi connectivity index (χ0n) is 16.7. The van der Waals surface area contributed by atoms with Crippen LogP contribution in [0.2, 0.25) is 0 Å². The smallest absolute Gasteiger partial charge is 0.244 e. The zero-order valence-corrected chi connectivity index (χ0v) is 18.4. The Labute approximate surface area is 180 Å². The van der Waals surface area contributed by atoms with E-state index in [-0.39, 0.29) is 17.3 Å². The number of carbonyl (C=O) groups is 1. The van der Waals surface area contributed by atoms with Gasteiger partial charge in [0.15, 0.2) is 0 Å². The third-order valence-electron chi connectivity index (χ3n) is 5.15. The summed E-state index contributed by atoms with van der Waals surface area (Å²) < 4.78 is 28.7. The number of imidazole rings is 1. The Hall–Kier alpha value is -2.36. The van der Waals surface area contributed by atoms with E-state index in [9.17, 15) is 13.2 Å². The van der Waals surface area contributed by atoms with Crippen molar-refractivity contribution in [3.63, 3.8) is 0 Å². The highest BCUT2D eigenvalue weighted by atomic mass is 32.2. The molecule has 1 aliphatic rings. The summed E-state index contributed by atoms with van der Waals surface area (Å²) in [7, 11) is -3.46. The van der Waals surface area contributed by atoms with Crippen LogP contribution in [-0.4, -0.2) is 47.5 Å². The van der Waals surface area contributed by atoms with E-state index in [1.807, 2.05) is 35.1 Å². The summed E-state index contributed by atoms with van der Waals surface area (Å²) in [5.41, 5.74) is 2.35. The van der Waals surface area contributed by atoms with Crippen molar-refractivity contribution in [2.45, 2.75) is 30.0 Å². The molecule has 0 radical (unpaired) electrons. The number of benzene rings is 2. The molecule has 7 nitrogen and oxygen atoms in total. The first-order chi connectivity index (χ1) is 14.5. The number of carbonyl (C=O) groups excluding carboxylic acids is 1. The monoisotopic (exact) mass is 444 g/mol. The van der Waals surface area contributed by atoms with Gasteiger partial charge in [-0.05, 0) is 55.5 Å². The van der Waals surface area contributed by atoms with Crippen molar-refractivity contribution in [1.82, 2.24) is 13.9 Å². The maximum absolute atomic E-state index is 12.7. The van der Waals surface area contributed by atoms with Gasteiger partial charge in [-0.15, -0.1) is 0 Å². The Kier molecular flexibility index (Phi) is 6.12. The van der Waals surface area contributed by atoms with E-state index in [2.05, 4.69) is 10.3 Å². The van der Waals surface area contributed by atoms with E-state index in [1.54, 1.807) is 36.0 Å². The van der Waals surface area contributed by atoms with Crippen molar-refractivity contribution >= 4 is 44.4 Å². The molecule has 0 bridgehead atoms. The minimum Gasteiger partial charge on any atom is -0.325 e. The van der Waals surface area contributed by atoms with Crippen LogP contribution in [0.3, 0.4) is 0 Å². The summed E-state index contributed by atoms with van der Waals surface area (Å²) in [6.07, 6.45) is 3.80. The second kappa shape index (κ2) is 8.79. The molecule has 1 saturated heterocycles. The van der Waals surface area contributed by atoms with E-state index >= 15 is 0 Å². The fourth-order valence-corrected chi connectivity index (χ4v) is 5.67. The molecule has 2 heterocycles. The fraction of sp³-hybridized carbons (Fsp3) is 0.333. The van der Waals surface area contributed by atoms with Crippen LogP contribution in [0.5, 0.6) is 0 Å². The van der Waals surface area contributed by atoms with E-state index in [1.165, 1.54) is 4.31 Å². The molecule has 3 aromatic rings. The highest BCUT2D eigenvalue weighted by Crippen LogP contribution is 2.23. The average molecular weight is 445 g/mol. The number of amides is 1. The SMILES string of the molecule is CSCc1nc2ccccc2n1CC(=O)Nc1ccc(S(=O)(=O)N2CCCC2)cc1. The van der Waals surface area contributed by atoms with Gasteiger partial charge in [-0.1, -0.05) is 12.1 Å². The van der Waals surface area contributed by atoms with E-state index in [0.717, 1.165) is 29.7 Å². The Morgan fingerprint density at radius 3 is 2.50 bits per heavy atom. The Morgan fingerprint density at radius 1 is 1.10 bits per heavy atom. The summed E-state index contributed by atoms with van der Waals surface area (Å²) in [4.78, 5) is 17.6. The number of anilines is 1. The third kappa shape index (κ3) is 4.23. The fourth-order valence-electron chi connectivity index (χ4n) is 3.67. The molecule has 4 rings (SSSR count). The second-order valence-corrected chi connectivity index (χ2v) is 10.0.